The summed E-state index contributed by atoms with van der Waals surface area (Å²) in [5.74, 6) is 0.523. The van der Waals surface area contributed by atoms with Crippen LogP contribution in [0.4, 0.5) is 13.2 Å². The van der Waals surface area contributed by atoms with Gasteiger partial charge in [-0.2, -0.15) is 17.5 Å². The SMILES string of the molecule is CCNC(=NCc1ccccn1)NC1CCN(S(=O)(=O)C(F)(F)F)CC1.I. The lowest BCUT2D eigenvalue weighted by molar-refractivity contribution is -0.0494. The highest BCUT2D eigenvalue weighted by Gasteiger charge is 2.50. The first-order chi connectivity index (χ1) is 12.2. The first-order valence-electron chi connectivity index (χ1n) is 8.25. The first kappa shape index (κ1) is 23.9. The van der Waals surface area contributed by atoms with E-state index in [1.54, 1.807) is 12.3 Å². The molecule has 1 aliphatic heterocycles. The Bertz CT molecular complexity index is 708. The molecule has 2 rings (SSSR count). The maximum atomic E-state index is 12.6. The van der Waals surface area contributed by atoms with Gasteiger partial charge in [-0.25, -0.2) is 13.4 Å². The van der Waals surface area contributed by atoms with Crippen LogP contribution in [0.3, 0.4) is 0 Å². The summed E-state index contributed by atoms with van der Waals surface area (Å²) in [6, 6.07) is 5.35. The fraction of sp³-hybridized carbons (Fsp3) is 0.600. The molecule has 0 radical (unpaired) electrons. The summed E-state index contributed by atoms with van der Waals surface area (Å²) in [6.07, 6.45) is 2.20. The van der Waals surface area contributed by atoms with Gasteiger partial charge in [0.1, 0.15) is 0 Å². The van der Waals surface area contributed by atoms with Crippen LogP contribution < -0.4 is 10.6 Å². The molecule has 154 valence electrons. The number of aliphatic imine (C=N–C) groups is 1. The van der Waals surface area contributed by atoms with Gasteiger partial charge in [-0.05, 0) is 31.9 Å². The van der Waals surface area contributed by atoms with Crippen molar-refractivity contribution in [2.45, 2.75) is 37.9 Å². The highest BCUT2D eigenvalue weighted by Crippen LogP contribution is 2.28. The van der Waals surface area contributed by atoms with Crippen LogP contribution in [0.2, 0.25) is 0 Å². The molecule has 7 nitrogen and oxygen atoms in total. The second kappa shape index (κ2) is 10.4. The number of guanidine groups is 1. The van der Waals surface area contributed by atoms with Crippen LogP contribution in [-0.2, 0) is 16.6 Å². The smallest absolute Gasteiger partial charge is 0.357 e. The molecule has 1 saturated heterocycles. The third-order valence-electron chi connectivity index (χ3n) is 3.90. The summed E-state index contributed by atoms with van der Waals surface area (Å²) >= 11 is 0. The van der Waals surface area contributed by atoms with Gasteiger partial charge in [-0.3, -0.25) is 4.98 Å². The van der Waals surface area contributed by atoms with Crippen LogP contribution >= 0.6 is 24.0 Å². The number of hydrogen-bond donors (Lipinski definition) is 2. The Kier molecular flexibility index (Phi) is 9.21. The highest BCUT2D eigenvalue weighted by molar-refractivity contribution is 14.0. The Labute approximate surface area is 173 Å². The van der Waals surface area contributed by atoms with Gasteiger partial charge < -0.3 is 10.6 Å². The molecular weight excluding hydrogens is 498 g/mol. The van der Waals surface area contributed by atoms with Crippen molar-refractivity contribution in [3.63, 3.8) is 0 Å². The molecule has 1 aromatic heterocycles. The fourth-order valence-corrected chi connectivity index (χ4v) is 3.54. The minimum Gasteiger partial charge on any atom is -0.357 e. The zero-order valence-electron chi connectivity index (χ0n) is 14.7. The quantitative estimate of drug-likeness (QED) is 0.352. The molecule has 27 heavy (non-hydrogen) atoms. The van der Waals surface area contributed by atoms with Gasteiger partial charge >= 0.3 is 15.5 Å². The Morgan fingerprint density at radius 3 is 2.52 bits per heavy atom. The molecule has 0 unspecified atom stereocenters. The van der Waals surface area contributed by atoms with Crippen molar-refractivity contribution in [2.24, 2.45) is 4.99 Å². The maximum absolute atomic E-state index is 12.6. The van der Waals surface area contributed by atoms with Crippen LogP contribution in [0.1, 0.15) is 25.5 Å². The molecule has 12 heteroatoms. The van der Waals surface area contributed by atoms with Gasteiger partial charge in [-0.15, -0.1) is 24.0 Å². The van der Waals surface area contributed by atoms with E-state index in [0.29, 0.717) is 23.4 Å². The standard InChI is InChI=1S/C15H22F3N5O2S.HI/c1-2-19-14(21-11-13-5-3-4-8-20-13)22-12-6-9-23(10-7-12)26(24,25)15(16,17)18;/h3-5,8,12H,2,6-7,9-11H2,1H3,(H2,19,21,22);1H. The molecule has 0 atom stereocenters. The summed E-state index contributed by atoms with van der Waals surface area (Å²) < 4.78 is 61.2. The fourth-order valence-electron chi connectivity index (χ4n) is 2.55. The topological polar surface area (TPSA) is 86.7 Å². The molecule has 0 amide bonds. The number of halogens is 4. The zero-order valence-corrected chi connectivity index (χ0v) is 17.9. The monoisotopic (exact) mass is 521 g/mol. The molecule has 0 aliphatic carbocycles. The second-order valence-corrected chi connectivity index (χ2v) is 7.71. The summed E-state index contributed by atoms with van der Waals surface area (Å²) in [5, 5.41) is 6.21. The summed E-state index contributed by atoms with van der Waals surface area (Å²) in [5.41, 5.74) is -4.47. The van der Waals surface area contributed by atoms with E-state index in [2.05, 4.69) is 20.6 Å². The Hall–Kier alpha value is -1.15. The second-order valence-electron chi connectivity index (χ2n) is 5.78. The minimum absolute atomic E-state index is 0. The molecule has 2 heterocycles. The number of pyridine rings is 1. The average molecular weight is 521 g/mol. The van der Waals surface area contributed by atoms with Crippen LogP contribution in [0.15, 0.2) is 29.4 Å². The molecule has 0 saturated carbocycles. The Balaban J connectivity index is 0.00000364. The zero-order chi connectivity index (χ0) is 19.2. The van der Waals surface area contributed by atoms with E-state index in [9.17, 15) is 21.6 Å². The summed E-state index contributed by atoms with van der Waals surface area (Å²) in [7, 11) is -5.26. The number of aromatic nitrogens is 1. The van der Waals surface area contributed by atoms with Crippen LogP contribution in [0.25, 0.3) is 0 Å². The number of nitrogens with one attached hydrogen (secondary N) is 2. The van der Waals surface area contributed by atoms with Crippen molar-refractivity contribution in [1.29, 1.82) is 0 Å². The van der Waals surface area contributed by atoms with Gasteiger partial charge in [0.2, 0.25) is 0 Å². The number of nitrogens with zero attached hydrogens (tertiary/aromatic N) is 3. The first-order valence-corrected chi connectivity index (χ1v) is 9.69. The van der Waals surface area contributed by atoms with E-state index in [0.717, 1.165) is 5.69 Å². The van der Waals surface area contributed by atoms with E-state index in [-0.39, 0.29) is 55.9 Å². The van der Waals surface area contributed by atoms with Crippen LogP contribution in [0, 0.1) is 0 Å². The van der Waals surface area contributed by atoms with Gasteiger partial charge in [0.25, 0.3) is 0 Å². The van der Waals surface area contributed by atoms with Gasteiger partial charge in [-0.1, -0.05) is 6.07 Å². The summed E-state index contributed by atoms with van der Waals surface area (Å²) in [6.45, 7) is 2.52. The average Bonchev–Trinajstić information content (AvgIpc) is 2.60. The maximum Gasteiger partial charge on any atom is 0.511 e. The molecule has 1 aliphatic rings. The third kappa shape index (κ3) is 6.75. The molecule has 2 N–H and O–H groups in total. The number of sulfonamides is 1. The molecule has 0 bridgehead atoms. The Morgan fingerprint density at radius 1 is 1.33 bits per heavy atom. The molecule has 1 aromatic rings. The molecule has 0 aromatic carbocycles. The van der Waals surface area contributed by atoms with Crippen molar-refractivity contribution >= 4 is 40.0 Å². The number of piperidine rings is 1. The molecule has 0 spiro atoms. The van der Waals surface area contributed by atoms with E-state index in [4.69, 9.17) is 0 Å². The lowest BCUT2D eigenvalue weighted by Gasteiger charge is -2.32. The van der Waals surface area contributed by atoms with Crippen molar-refractivity contribution in [3.8, 4) is 0 Å². The van der Waals surface area contributed by atoms with Gasteiger partial charge in [0.15, 0.2) is 5.96 Å². The Morgan fingerprint density at radius 2 is 2.00 bits per heavy atom. The van der Waals surface area contributed by atoms with E-state index >= 15 is 0 Å². The van der Waals surface area contributed by atoms with Crippen molar-refractivity contribution in [3.05, 3.63) is 30.1 Å². The lowest BCUT2D eigenvalue weighted by atomic mass is 10.1. The molecule has 1 fully saturated rings. The van der Waals surface area contributed by atoms with Crippen molar-refractivity contribution in [2.75, 3.05) is 19.6 Å². The lowest BCUT2D eigenvalue weighted by Crippen LogP contribution is -2.51. The van der Waals surface area contributed by atoms with Gasteiger partial charge in [0, 0.05) is 31.9 Å². The number of hydrogen-bond acceptors (Lipinski definition) is 4. The highest BCUT2D eigenvalue weighted by atomic mass is 127. The predicted molar refractivity (Wildman–Crippen MR) is 107 cm³/mol. The number of alkyl halides is 3. The van der Waals surface area contributed by atoms with E-state index in [1.165, 1.54) is 0 Å². The van der Waals surface area contributed by atoms with Crippen molar-refractivity contribution in [1.82, 2.24) is 19.9 Å². The van der Waals surface area contributed by atoms with Gasteiger partial charge in [0.05, 0.1) is 12.2 Å². The third-order valence-corrected chi connectivity index (χ3v) is 5.53. The van der Waals surface area contributed by atoms with Crippen LogP contribution in [0.5, 0.6) is 0 Å². The van der Waals surface area contributed by atoms with E-state index < -0.39 is 15.5 Å². The number of rotatable bonds is 5. The summed E-state index contributed by atoms with van der Waals surface area (Å²) in [4.78, 5) is 8.58. The van der Waals surface area contributed by atoms with E-state index in [1.807, 2.05) is 19.1 Å². The molecular formula is C15H23F3IN5O2S. The normalized spacial score (nSPS) is 17.3. The predicted octanol–water partition coefficient (Wildman–Crippen LogP) is 2.07. The van der Waals surface area contributed by atoms with Crippen molar-refractivity contribution < 1.29 is 21.6 Å². The minimum atomic E-state index is -5.26. The largest absolute Gasteiger partial charge is 0.511 e. The van der Waals surface area contributed by atoms with Crippen LogP contribution in [-0.4, -0.2) is 54.9 Å².